The Labute approximate surface area is 131 Å². The molecule has 0 radical (unpaired) electrons. The molecule has 118 valence electrons. The number of nitrogens with one attached hydrogen (secondary N) is 1. The minimum Gasteiger partial charge on any atom is -0.275 e. The monoisotopic (exact) mass is 315 g/mol. The highest BCUT2D eigenvalue weighted by molar-refractivity contribution is 6.00. The average Bonchev–Trinajstić information content (AvgIpc) is 2.56. The Morgan fingerprint density at radius 2 is 1.39 bits per heavy atom. The van der Waals surface area contributed by atoms with Gasteiger partial charge in [-0.15, -0.1) is 0 Å². The average molecular weight is 315 g/mol. The zero-order valence-electron chi connectivity index (χ0n) is 11.9. The standard InChI is InChI=1S/C15H13N3O5/c19-14(13-9-5-2-6-10-13)15(17(20)21,18(22)23)16-11-12-7-3-1-4-8-12/h1-10,16H,11H2. The van der Waals surface area contributed by atoms with Gasteiger partial charge in [0.05, 0.1) is 0 Å². The normalized spacial score (nSPS) is 11.0. The van der Waals surface area contributed by atoms with Crippen LogP contribution in [0.15, 0.2) is 60.7 Å². The maximum absolute atomic E-state index is 12.4. The van der Waals surface area contributed by atoms with Crippen LogP contribution in [-0.2, 0) is 6.54 Å². The molecule has 2 rings (SSSR count). The van der Waals surface area contributed by atoms with Crippen molar-refractivity contribution >= 4 is 5.78 Å². The van der Waals surface area contributed by atoms with Crippen molar-refractivity contribution in [2.45, 2.75) is 12.3 Å². The lowest BCUT2D eigenvalue weighted by Crippen LogP contribution is -2.63. The van der Waals surface area contributed by atoms with Crippen LogP contribution >= 0.6 is 0 Å². The van der Waals surface area contributed by atoms with E-state index < -0.39 is 21.4 Å². The Hall–Kier alpha value is -3.13. The summed E-state index contributed by atoms with van der Waals surface area (Å²) in [5.41, 5.74) is 0.475. The van der Waals surface area contributed by atoms with E-state index in [4.69, 9.17) is 0 Å². The molecule has 0 amide bonds. The van der Waals surface area contributed by atoms with Gasteiger partial charge in [0.2, 0.25) is 0 Å². The van der Waals surface area contributed by atoms with E-state index in [1.165, 1.54) is 24.3 Å². The third kappa shape index (κ3) is 3.22. The molecule has 0 aromatic heterocycles. The molecule has 0 saturated carbocycles. The predicted octanol–water partition coefficient (Wildman–Crippen LogP) is 1.87. The van der Waals surface area contributed by atoms with Crippen LogP contribution in [0.5, 0.6) is 0 Å². The second kappa shape index (κ2) is 6.75. The van der Waals surface area contributed by atoms with Gasteiger partial charge < -0.3 is 0 Å². The first-order chi connectivity index (χ1) is 11.0. The van der Waals surface area contributed by atoms with Crippen molar-refractivity contribution in [3.8, 4) is 0 Å². The summed E-state index contributed by atoms with van der Waals surface area (Å²) in [7, 11) is 0. The molecule has 0 saturated heterocycles. The fraction of sp³-hybridized carbons (Fsp3) is 0.133. The van der Waals surface area contributed by atoms with E-state index in [1.54, 1.807) is 36.4 Å². The Bertz CT molecular complexity index is 704. The number of carbonyl (C=O) groups is 1. The highest BCUT2D eigenvalue weighted by Gasteiger charge is 2.64. The summed E-state index contributed by atoms with van der Waals surface area (Å²) in [6.07, 6.45) is 0. The molecule has 0 atom stereocenters. The summed E-state index contributed by atoms with van der Waals surface area (Å²) in [5.74, 6) is -4.35. The zero-order chi connectivity index (χ0) is 16.9. The molecule has 23 heavy (non-hydrogen) atoms. The van der Waals surface area contributed by atoms with Crippen LogP contribution in [0.3, 0.4) is 0 Å². The summed E-state index contributed by atoms with van der Waals surface area (Å²) in [4.78, 5) is 32.8. The molecule has 0 aliphatic rings. The molecule has 1 N–H and O–H groups in total. The quantitative estimate of drug-likeness (QED) is 0.361. The third-order valence-electron chi connectivity index (χ3n) is 3.26. The van der Waals surface area contributed by atoms with Crippen molar-refractivity contribution in [3.05, 3.63) is 92.0 Å². The molecular formula is C15H13N3O5. The number of rotatable bonds is 7. The lowest BCUT2D eigenvalue weighted by atomic mass is 10.0. The highest BCUT2D eigenvalue weighted by atomic mass is 16.7. The lowest BCUT2D eigenvalue weighted by Gasteiger charge is -2.17. The number of nitrogens with zero attached hydrogens (tertiary/aromatic N) is 2. The molecule has 0 aliphatic carbocycles. The minimum absolute atomic E-state index is 0.110. The van der Waals surface area contributed by atoms with Crippen LogP contribution in [0.1, 0.15) is 15.9 Å². The van der Waals surface area contributed by atoms with Gasteiger partial charge in [-0.2, -0.15) is 5.32 Å². The summed E-state index contributed by atoms with van der Waals surface area (Å²) < 4.78 is 0. The maximum Gasteiger partial charge on any atom is 0.585 e. The fourth-order valence-electron chi connectivity index (χ4n) is 2.05. The van der Waals surface area contributed by atoms with E-state index in [-0.39, 0.29) is 12.1 Å². The molecule has 0 bridgehead atoms. The van der Waals surface area contributed by atoms with Crippen molar-refractivity contribution in [2.24, 2.45) is 0 Å². The molecule has 0 fully saturated rings. The van der Waals surface area contributed by atoms with Gasteiger partial charge in [-0.05, 0) is 5.56 Å². The maximum atomic E-state index is 12.4. The third-order valence-corrected chi connectivity index (χ3v) is 3.26. The second-order valence-corrected chi connectivity index (χ2v) is 4.72. The predicted molar refractivity (Wildman–Crippen MR) is 80.8 cm³/mol. The topological polar surface area (TPSA) is 115 Å². The van der Waals surface area contributed by atoms with Crippen molar-refractivity contribution in [3.63, 3.8) is 0 Å². The summed E-state index contributed by atoms with van der Waals surface area (Å²) in [6.45, 7) is -0.193. The number of carbonyl (C=O) groups excluding carboxylic acids is 1. The number of hydrogen-bond donors (Lipinski definition) is 1. The number of ketones is 1. The molecule has 8 nitrogen and oxygen atoms in total. The number of hydrogen-bond acceptors (Lipinski definition) is 6. The Kier molecular flexibility index (Phi) is 4.77. The van der Waals surface area contributed by atoms with Crippen molar-refractivity contribution in [1.82, 2.24) is 5.32 Å². The molecular weight excluding hydrogens is 302 g/mol. The van der Waals surface area contributed by atoms with Gasteiger partial charge in [-0.3, -0.25) is 25.0 Å². The van der Waals surface area contributed by atoms with Crippen LogP contribution < -0.4 is 5.32 Å². The Morgan fingerprint density at radius 1 is 0.913 bits per heavy atom. The lowest BCUT2D eigenvalue weighted by molar-refractivity contribution is -0.782. The van der Waals surface area contributed by atoms with Gasteiger partial charge >= 0.3 is 11.6 Å². The first-order valence-electron chi connectivity index (χ1n) is 6.66. The molecule has 2 aromatic rings. The van der Waals surface area contributed by atoms with Gasteiger partial charge in [0.15, 0.2) is 0 Å². The van der Waals surface area contributed by atoms with E-state index in [2.05, 4.69) is 5.32 Å². The summed E-state index contributed by atoms with van der Waals surface area (Å²) in [5, 5.41) is 25.0. The SMILES string of the molecule is O=C(c1ccccc1)C(NCc1ccccc1)([N+](=O)[O-])[N+](=O)[O-]. The second-order valence-electron chi connectivity index (χ2n) is 4.72. The van der Waals surface area contributed by atoms with Crippen LogP contribution in [0, 0.1) is 20.2 Å². The van der Waals surface area contributed by atoms with Crippen LogP contribution in [0.25, 0.3) is 0 Å². The van der Waals surface area contributed by atoms with E-state index in [1.807, 2.05) is 0 Å². The fourth-order valence-corrected chi connectivity index (χ4v) is 2.05. The van der Waals surface area contributed by atoms with E-state index in [9.17, 15) is 25.0 Å². The molecule has 0 spiro atoms. The number of nitro groups is 2. The largest absolute Gasteiger partial charge is 0.585 e. The minimum atomic E-state index is -3.13. The molecule has 0 heterocycles. The van der Waals surface area contributed by atoms with Crippen molar-refractivity contribution in [2.75, 3.05) is 0 Å². The first kappa shape index (κ1) is 16.2. The Morgan fingerprint density at radius 3 is 1.87 bits per heavy atom. The van der Waals surface area contributed by atoms with E-state index in [0.717, 1.165) is 0 Å². The summed E-state index contributed by atoms with van der Waals surface area (Å²) in [6, 6.07) is 15.6. The van der Waals surface area contributed by atoms with Crippen LogP contribution in [-0.4, -0.2) is 21.4 Å². The van der Waals surface area contributed by atoms with E-state index >= 15 is 0 Å². The van der Waals surface area contributed by atoms with Crippen molar-refractivity contribution in [1.29, 1.82) is 0 Å². The summed E-state index contributed by atoms with van der Waals surface area (Å²) >= 11 is 0. The molecule has 0 unspecified atom stereocenters. The molecule has 0 aliphatic heterocycles. The van der Waals surface area contributed by atoms with Gasteiger partial charge in [0.25, 0.3) is 0 Å². The smallest absolute Gasteiger partial charge is 0.275 e. The first-order valence-corrected chi connectivity index (χ1v) is 6.66. The number of Topliss-reactive ketones (excluding diaryl/α,β-unsaturated/α-hetero) is 1. The van der Waals surface area contributed by atoms with Gasteiger partial charge in [-0.1, -0.05) is 60.7 Å². The van der Waals surface area contributed by atoms with Gasteiger partial charge in [0, 0.05) is 12.1 Å². The van der Waals surface area contributed by atoms with Crippen molar-refractivity contribution < 1.29 is 14.6 Å². The van der Waals surface area contributed by atoms with Crippen LogP contribution in [0.4, 0.5) is 0 Å². The number of benzene rings is 2. The Balaban J connectivity index is 2.38. The van der Waals surface area contributed by atoms with Gasteiger partial charge in [0.1, 0.15) is 9.85 Å². The van der Waals surface area contributed by atoms with E-state index in [0.29, 0.717) is 5.56 Å². The highest BCUT2D eigenvalue weighted by Crippen LogP contribution is 2.17. The molecule has 8 heteroatoms. The van der Waals surface area contributed by atoms with Crippen LogP contribution in [0.2, 0.25) is 0 Å². The van der Waals surface area contributed by atoms with Gasteiger partial charge in [-0.25, -0.2) is 0 Å². The zero-order valence-corrected chi connectivity index (χ0v) is 11.9. The molecule has 2 aromatic carbocycles.